The minimum atomic E-state index is -0.275. The van der Waals surface area contributed by atoms with Crippen LogP contribution in [0.2, 0.25) is 0 Å². The molecule has 187 valence electrons. The Morgan fingerprint density at radius 1 is 1.12 bits per heavy atom. The second kappa shape index (κ2) is 11.6. The maximum atomic E-state index is 13.4. The number of nitrogens with one attached hydrogen (secondary N) is 1. The molecule has 0 spiro atoms. The standard InChI is InChI=1S/C25H40N3O4.Mn/c1-4-32-21-10-9-18(17-22(21)31-3)27-13-15-28(16-14-27)24(30)20-8-6-5-7-19(20)23(29)26-25(2)11-12-25;/h17,19-22H,2,4-16H2,1,3H3,(H,26,29);/q-1;/t19?,20-,21?,22?;/m1./s1. The number of nitrogens with zero attached hydrogens (tertiary/aromatic N) is 2. The van der Waals surface area contributed by atoms with Crippen molar-refractivity contribution in [2.24, 2.45) is 11.8 Å². The maximum Gasteiger partial charge on any atom is 0.226 e. The number of hydrogen-bond donors (Lipinski definition) is 1. The van der Waals surface area contributed by atoms with E-state index in [1.165, 1.54) is 5.70 Å². The topological polar surface area (TPSA) is 71.1 Å². The van der Waals surface area contributed by atoms with Crippen LogP contribution in [0.5, 0.6) is 0 Å². The summed E-state index contributed by atoms with van der Waals surface area (Å²) in [5.41, 5.74) is 1.03. The largest absolute Gasteiger partial charge is 0.380 e. The molecule has 8 heteroatoms. The quantitative estimate of drug-likeness (QED) is 0.429. The van der Waals surface area contributed by atoms with Crippen molar-refractivity contribution in [2.45, 2.75) is 76.0 Å². The van der Waals surface area contributed by atoms with Crippen LogP contribution in [0.15, 0.2) is 11.8 Å². The molecule has 2 amide bonds. The van der Waals surface area contributed by atoms with Gasteiger partial charge < -0.3 is 31.5 Å². The van der Waals surface area contributed by atoms with E-state index in [9.17, 15) is 9.59 Å². The van der Waals surface area contributed by atoms with Gasteiger partial charge in [-0.25, -0.2) is 0 Å². The van der Waals surface area contributed by atoms with Crippen LogP contribution >= 0.6 is 0 Å². The average molecular weight is 502 g/mol. The van der Waals surface area contributed by atoms with Crippen LogP contribution < -0.4 is 5.32 Å². The summed E-state index contributed by atoms with van der Waals surface area (Å²) in [6, 6.07) is 0. The summed E-state index contributed by atoms with van der Waals surface area (Å²) >= 11 is 0. The fourth-order valence-corrected chi connectivity index (χ4v) is 5.53. The van der Waals surface area contributed by atoms with Crippen LogP contribution in [0, 0.1) is 18.8 Å². The summed E-state index contributed by atoms with van der Waals surface area (Å²) in [6.45, 7) is 9.91. The molecule has 4 atom stereocenters. The number of ether oxygens (including phenoxy) is 2. The van der Waals surface area contributed by atoms with E-state index in [1.807, 2.05) is 11.8 Å². The molecule has 0 aromatic rings. The zero-order valence-electron chi connectivity index (χ0n) is 20.2. The molecule has 1 saturated heterocycles. The van der Waals surface area contributed by atoms with Gasteiger partial charge in [0.15, 0.2) is 0 Å². The van der Waals surface area contributed by atoms with Crippen molar-refractivity contribution in [2.75, 3.05) is 39.9 Å². The number of amides is 2. The van der Waals surface area contributed by atoms with Crippen molar-refractivity contribution in [1.29, 1.82) is 0 Å². The van der Waals surface area contributed by atoms with E-state index in [4.69, 9.17) is 9.47 Å². The Bertz CT molecular complexity index is 718. The van der Waals surface area contributed by atoms with E-state index in [-0.39, 0.29) is 58.5 Å². The van der Waals surface area contributed by atoms with Gasteiger partial charge in [-0.2, -0.15) is 0 Å². The molecule has 7 nitrogen and oxygen atoms in total. The number of hydrogen-bond acceptors (Lipinski definition) is 5. The monoisotopic (exact) mass is 501 g/mol. The van der Waals surface area contributed by atoms with Gasteiger partial charge >= 0.3 is 0 Å². The Morgan fingerprint density at radius 2 is 1.79 bits per heavy atom. The molecule has 33 heavy (non-hydrogen) atoms. The van der Waals surface area contributed by atoms with Crippen LogP contribution in [0.3, 0.4) is 0 Å². The summed E-state index contributed by atoms with van der Waals surface area (Å²) in [5, 5.41) is 3.10. The second-order valence-corrected chi connectivity index (χ2v) is 9.97. The molecule has 3 aliphatic carbocycles. The second-order valence-electron chi connectivity index (χ2n) is 9.97. The van der Waals surface area contributed by atoms with Crippen molar-refractivity contribution in [3.8, 4) is 0 Å². The molecule has 0 aromatic carbocycles. The summed E-state index contributed by atoms with van der Waals surface area (Å²) < 4.78 is 11.5. The first kappa shape index (κ1) is 26.5. The molecule has 4 aliphatic rings. The first-order chi connectivity index (χ1) is 15.4. The van der Waals surface area contributed by atoms with Gasteiger partial charge in [0.1, 0.15) is 6.10 Å². The predicted octanol–water partition coefficient (Wildman–Crippen LogP) is 2.52. The number of rotatable bonds is 7. The molecule has 1 N–H and O–H groups in total. The van der Waals surface area contributed by atoms with Crippen LogP contribution in [0.4, 0.5) is 0 Å². The van der Waals surface area contributed by atoms with Gasteiger partial charge in [-0.15, -0.1) is 0 Å². The molecule has 3 fully saturated rings. The minimum absolute atomic E-state index is 0. The zero-order valence-corrected chi connectivity index (χ0v) is 21.4. The van der Waals surface area contributed by atoms with Crippen LogP contribution in [0.1, 0.15) is 58.3 Å². The van der Waals surface area contributed by atoms with Crippen molar-refractivity contribution in [3.63, 3.8) is 0 Å². The predicted molar refractivity (Wildman–Crippen MR) is 123 cm³/mol. The Hall–Kier alpha value is -1.08. The molecular weight excluding hydrogens is 461 g/mol. The van der Waals surface area contributed by atoms with Crippen molar-refractivity contribution >= 4 is 11.8 Å². The molecule has 0 bridgehead atoms. The zero-order chi connectivity index (χ0) is 22.7. The number of allylic oxidation sites excluding steroid dienone is 1. The third-order valence-electron chi connectivity index (χ3n) is 7.72. The maximum absolute atomic E-state index is 13.4. The third kappa shape index (κ3) is 6.33. The molecule has 1 radical (unpaired) electrons. The van der Waals surface area contributed by atoms with E-state index in [2.05, 4.69) is 23.2 Å². The van der Waals surface area contributed by atoms with Crippen molar-refractivity contribution in [1.82, 2.24) is 15.1 Å². The van der Waals surface area contributed by atoms with Gasteiger partial charge in [0.25, 0.3) is 0 Å². The van der Waals surface area contributed by atoms with E-state index < -0.39 is 0 Å². The Kier molecular flexibility index (Phi) is 9.30. The fraction of sp³-hybridized carbons (Fsp3) is 0.800. The smallest absolute Gasteiger partial charge is 0.226 e. The number of methoxy groups -OCH3 is 1. The van der Waals surface area contributed by atoms with Crippen molar-refractivity contribution in [3.05, 3.63) is 18.7 Å². The Labute approximate surface area is 209 Å². The summed E-state index contributed by atoms with van der Waals surface area (Å²) in [4.78, 5) is 30.7. The average Bonchev–Trinajstić information content (AvgIpc) is 3.55. The first-order valence-corrected chi connectivity index (χ1v) is 12.5. The van der Waals surface area contributed by atoms with E-state index in [1.54, 1.807) is 7.11 Å². The molecule has 3 unspecified atom stereocenters. The van der Waals surface area contributed by atoms with Crippen molar-refractivity contribution < 1.29 is 36.1 Å². The van der Waals surface area contributed by atoms with Gasteiger partial charge in [0.2, 0.25) is 11.8 Å². The van der Waals surface area contributed by atoms with Gasteiger partial charge in [-0.1, -0.05) is 31.2 Å². The third-order valence-corrected chi connectivity index (χ3v) is 7.72. The Balaban J connectivity index is 0.00000306. The van der Waals surface area contributed by atoms with Gasteiger partial charge in [-0.3, -0.25) is 9.59 Å². The molecule has 4 rings (SSSR count). The Morgan fingerprint density at radius 3 is 2.39 bits per heavy atom. The summed E-state index contributed by atoms with van der Waals surface area (Å²) in [5.74, 6) is -0.179. The van der Waals surface area contributed by atoms with Gasteiger partial charge in [0, 0.05) is 74.5 Å². The summed E-state index contributed by atoms with van der Waals surface area (Å²) in [7, 11) is 1.74. The first-order valence-electron chi connectivity index (χ1n) is 12.5. The van der Waals surface area contributed by atoms with E-state index >= 15 is 0 Å². The molecule has 2 saturated carbocycles. The number of carbonyl (C=O) groups excluding carboxylic acids is 2. The SMILES string of the molecule is [CH2-]C1(NC(=O)C2CCCC[C@H]2C(=O)N2CCN(C3=CC(OC)C(OCC)CC3)CC2)CC1.[Mn]. The normalized spacial score (nSPS) is 31.3. The molecule has 0 aromatic heterocycles. The van der Waals surface area contributed by atoms with Crippen LogP contribution in [-0.4, -0.2) is 79.3 Å². The fourth-order valence-electron chi connectivity index (χ4n) is 5.53. The van der Waals surface area contributed by atoms with E-state index in [0.29, 0.717) is 19.7 Å². The minimum Gasteiger partial charge on any atom is -0.380 e. The van der Waals surface area contributed by atoms with Crippen LogP contribution in [0.25, 0.3) is 0 Å². The summed E-state index contributed by atoms with van der Waals surface area (Å²) in [6.07, 6.45) is 9.83. The van der Waals surface area contributed by atoms with Gasteiger partial charge in [-0.05, 0) is 38.7 Å². The molecule has 1 aliphatic heterocycles. The molecule has 1 heterocycles. The number of carbonyl (C=O) groups is 2. The number of piperazine rings is 1. The van der Waals surface area contributed by atoms with Gasteiger partial charge in [0.05, 0.1) is 6.10 Å². The van der Waals surface area contributed by atoms with E-state index in [0.717, 1.165) is 64.5 Å². The van der Waals surface area contributed by atoms with Crippen LogP contribution in [-0.2, 0) is 36.1 Å². The molecular formula is C25H40MnN3O4-.